The summed E-state index contributed by atoms with van der Waals surface area (Å²) in [7, 11) is 1.59. The predicted octanol–water partition coefficient (Wildman–Crippen LogP) is 0.912. The predicted molar refractivity (Wildman–Crippen MR) is 67.3 cm³/mol. The van der Waals surface area contributed by atoms with Crippen LogP contribution in [0, 0.1) is 5.82 Å². The first-order valence-corrected chi connectivity index (χ1v) is 6.14. The SMILES string of the molecule is COc1ccc(F)cc1CNCC1COCCN1. The van der Waals surface area contributed by atoms with Gasteiger partial charge in [0.2, 0.25) is 0 Å². The van der Waals surface area contributed by atoms with Crippen molar-refractivity contribution in [1.29, 1.82) is 0 Å². The molecule has 1 unspecified atom stereocenters. The van der Waals surface area contributed by atoms with Gasteiger partial charge in [-0.1, -0.05) is 0 Å². The molecule has 0 aromatic heterocycles. The van der Waals surface area contributed by atoms with Gasteiger partial charge in [0.25, 0.3) is 0 Å². The molecular formula is C13H19FN2O2. The molecule has 100 valence electrons. The van der Waals surface area contributed by atoms with Gasteiger partial charge in [-0.05, 0) is 18.2 Å². The van der Waals surface area contributed by atoms with Crippen LogP contribution in [-0.4, -0.2) is 39.5 Å². The third-order valence-corrected chi connectivity index (χ3v) is 2.95. The van der Waals surface area contributed by atoms with Gasteiger partial charge >= 0.3 is 0 Å². The lowest BCUT2D eigenvalue weighted by Crippen LogP contribution is -2.47. The van der Waals surface area contributed by atoms with Gasteiger partial charge in [0.05, 0.1) is 20.3 Å². The van der Waals surface area contributed by atoms with E-state index in [1.807, 2.05) is 0 Å². The van der Waals surface area contributed by atoms with Gasteiger partial charge in [0, 0.05) is 31.2 Å². The fraction of sp³-hybridized carbons (Fsp3) is 0.538. The lowest BCUT2D eigenvalue weighted by Gasteiger charge is -2.24. The van der Waals surface area contributed by atoms with Crippen LogP contribution in [-0.2, 0) is 11.3 Å². The standard InChI is InChI=1S/C13H19FN2O2/c1-17-13-3-2-11(14)6-10(13)7-15-8-12-9-18-5-4-16-12/h2-3,6,12,15-16H,4-5,7-9H2,1H3. The van der Waals surface area contributed by atoms with Crippen LogP contribution in [0.25, 0.3) is 0 Å². The summed E-state index contributed by atoms with van der Waals surface area (Å²) in [5.41, 5.74) is 0.828. The fourth-order valence-corrected chi connectivity index (χ4v) is 2.02. The fourth-order valence-electron chi connectivity index (χ4n) is 2.02. The van der Waals surface area contributed by atoms with Crippen molar-refractivity contribution in [3.05, 3.63) is 29.6 Å². The molecule has 5 heteroatoms. The molecule has 1 heterocycles. The van der Waals surface area contributed by atoms with Crippen molar-refractivity contribution in [1.82, 2.24) is 10.6 Å². The number of halogens is 1. The van der Waals surface area contributed by atoms with Gasteiger partial charge in [0.1, 0.15) is 11.6 Å². The molecule has 1 saturated heterocycles. The van der Waals surface area contributed by atoms with Crippen LogP contribution in [0.5, 0.6) is 5.75 Å². The van der Waals surface area contributed by atoms with E-state index < -0.39 is 0 Å². The van der Waals surface area contributed by atoms with Gasteiger partial charge in [-0.25, -0.2) is 4.39 Å². The van der Waals surface area contributed by atoms with Crippen LogP contribution in [0.3, 0.4) is 0 Å². The third-order valence-electron chi connectivity index (χ3n) is 2.95. The molecule has 18 heavy (non-hydrogen) atoms. The second-order valence-electron chi connectivity index (χ2n) is 4.31. The van der Waals surface area contributed by atoms with Crippen molar-refractivity contribution in [2.45, 2.75) is 12.6 Å². The second-order valence-corrected chi connectivity index (χ2v) is 4.31. The van der Waals surface area contributed by atoms with Crippen molar-refractivity contribution in [2.75, 3.05) is 33.4 Å². The first kappa shape index (κ1) is 13.3. The Morgan fingerprint density at radius 2 is 2.44 bits per heavy atom. The number of methoxy groups -OCH3 is 1. The summed E-state index contributed by atoms with van der Waals surface area (Å²) < 4.78 is 23.7. The molecule has 2 rings (SSSR count). The van der Waals surface area contributed by atoms with E-state index in [2.05, 4.69) is 10.6 Å². The second kappa shape index (κ2) is 6.68. The Morgan fingerprint density at radius 3 is 3.17 bits per heavy atom. The van der Waals surface area contributed by atoms with Crippen molar-refractivity contribution >= 4 is 0 Å². The number of hydrogen-bond donors (Lipinski definition) is 2. The third kappa shape index (κ3) is 3.66. The Balaban J connectivity index is 1.83. The molecule has 1 fully saturated rings. The molecule has 0 aliphatic carbocycles. The summed E-state index contributed by atoms with van der Waals surface area (Å²) >= 11 is 0. The molecular weight excluding hydrogens is 235 g/mol. The Morgan fingerprint density at radius 1 is 1.56 bits per heavy atom. The van der Waals surface area contributed by atoms with Crippen LogP contribution in [0.2, 0.25) is 0 Å². The lowest BCUT2D eigenvalue weighted by molar-refractivity contribution is 0.0766. The van der Waals surface area contributed by atoms with Gasteiger partial charge in [0.15, 0.2) is 0 Å². The molecule has 2 N–H and O–H groups in total. The molecule has 0 saturated carbocycles. The van der Waals surface area contributed by atoms with E-state index in [4.69, 9.17) is 9.47 Å². The zero-order chi connectivity index (χ0) is 12.8. The molecule has 4 nitrogen and oxygen atoms in total. The minimum atomic E-state index is -0.244. The van der Waals surface area contributed by atoms with Gasteiger partial charge in [-0.3, -0.25) is 0 Å². The lowest BCUT2D eigenvalue weighted by atomic mass is 10.2. The van der Waals surface area contributed by atoms with Crippen LogP contribution in [0.15, 0.2) is 18.2 Å². The van der Waals surface area contributed by atoms with Gasteiger partial charge in [-0.15, -0.1) is 0 Å². The van der Waals surface area contributed by atoms with Gasteiger partial charge < -0.3 is 20.1 Å². The maximum absolute atomic E-state index is 13.1. The number of rotatable bonds is 5. The van der Waals surface area contributed by atoms with Crippen molar-refractivity contribution < 1.29 is 13.9 Å². The number of morpholine rings is 1. The molecule has 0 radical (unpaired) electrons. The molecule has 0 bridgehead atoms. The van der Waals surface area contributed by atoms with E-state index in [1.165, 1.54) is 12.1 Å². The van der Waals surface area contributed by atoms with E-state index in [9.17, 15) is 4.39 Å². The summed E-state index contributed by atoms with van der Waals surface area (Å²) in [5, 5.41) is 6.64. The maximum Gasteiger partial charge on any atom is 0.123 e. The molecule has 1 atom stereocenters. The molecule has 0 amide bonds. The quantitative estimate of drug-likeness (QED) is 0.820. The summed E-state index contributed by atoms with van der Waals surface area (Å²) in [6.07, 6.45) is 0. The minimum Gasteiger partial charge on any atom is -0.496 e. The molecule has 1 aliphatic rings. The smallest absolute Gasteiger partial charge is 0.123 e. The van der Waals surface area contributed by atoms with E-state index in [0.717, 1.165) is 25.3 Å². The van der Waals surface area contributed by atoms with E-state index >= 15 is 0 Å². The van der Waals surface area contributed by atoms with Crippen molar-refractivity contribution in [2.24, 2.45) is 0 Å². The normalized spacial score (nSPS) is 19.8. The average molecular weight is 254 g/mol. The largest absolute Gasteiger partial charge is 0.496 e. The highest BCUT2D eigenvalue weighted by Gasteiger charge is 2.12. The van der Waals surface area contributed by atoms with Crippen LogP contribution in [0.4, 0.5) is 4.39 Å². The van der Waals surface area contributed by atoms with E-state index in [0.29, 0.717) is 24.9 Å². The van der Waals surface area contributed by atoms with Crippen LogP contribution >= 0.6 is 0 Å². The average Bonchev–Trinajstić information content (AvgIpc) is 2.40. The Bertz CT molecular complexity index is 381. The van der Waals surface area contributed by atoms with Crippen LogP contribution in [0.1, 0.15) is 5.56 Å². The Kier molecular flexibility index (Phi) is 4.92. The number of hydrogen-bond acceptors (Lipinski definition) is 4. The molecule has 0 spiro atoms. The first-order valence-electron chi connectivity index (χ1n) is 6.14. The monoisotopic (exact) mass is 254 g/mol. The highest BCUT2D eigenvalue weighted by molar-refractivity contribution is 5.33. The molecule has 1 aliphatic heterocycles. The highest BCUT2D eigenvalue weighted by Crippen LogP contribution is 2.18. The van der Waals surface area contributed by atoms with Gasteiger partial charge in [-0.2, -0.15) is 0 Å². The summed E-state index contributed by atoms with van der Waals surface area (Å²) in [5.74, 6) is 0.462. The number of nitrogens with one attached hydrogen (secondary N) is 2. The maximum atomic E-state index is 13.1. The zero-order valence-corrected chi connectivity index (χ0v) is 10.5. The minimum absolute atomic E-state index is 0.244. The molecule has 1 aromatic rings. The van der Waals surface area contributed by atoms with Crippen molar-refractivity contribution in [3.8, 4) is 5.75 Å². The van der Waals surface area contributed by atoms with Crippen molar-refractivity contribution in [3.63, 3.8) is 0 Å². The zero-order valence-electron chi connectivity index (χ0n) is 10.5. The Hall–Kier alpha value is -1.17. The molecule has 1 aromatic carbocycles. The highest BCUT2D eigenvalue weighted by atomic mass is 19.1. The summed E-state index contributed by atoms with van der Waals surface area (Å²) in [6.45, 7) is 3.75. The van der Waals surface area contributed by atoms with E-state index in [-0.39, 0.29) is 5.82 Å². The first-order chi connectivity index (χ1) is 8.79. The number of ether oxygens (including phenoxy) is 2. The summed E-state index contributed by atoms with van der Waals surface area (Å²) in [4.78, 5) is 0. The topological polar surface area (TPSA) is 42.5 Å². The summed E-state index contributed by atoms with van der Waals surface area (Å²) in [6, 6.07) is 4.86. The van der Waals surface area contributed by atoms with Crippen LogP contribution < -0.4 is 15.4 Å². The Labute approximate surface area is 106 Å². The van der Waals surface area contributed by atoms with E-state index in [1.54, 1.807) is 13.2 Å². The number of benzene rings is 1.